The molecule has 2 aromatic carbocycles. The molecule has 1 aliphatic heterocycles. The van der Waals surface area contributed by atoms with E-state index in [1.54, 1.807) is 11.0 Å². The molecule has 0 radical (unpaired) electrons. The molecular weight excluding hydrogens is 376 g/mol. The summed E-state index contributed by atoms with van der Waals surface area (Å²) in [5.41, 5.74) is 3.67. The quantitative estimate of drug-likeness (QED) is 0.518. The molecule has 0 bridgehead atoms. The summed E-state index contributed by atoms with van der Waals surface area (Å²) < 4.78 is 0. The Kier molecular flexibility index (Phi) is 6.82. The monoisotopic (exact) mass is 398 g/mol. The molecule has 3 rings (SSSR count). The van der Waals surface area contributed by atoms with Gasteiger partial charge in [-0.2, -0.15) is 0 Å². The summed E-state index contributed by atoms with van der Waals surface area (Å²) in [4.78, 5) is 36.9. The number of nitrogens with one attached hydrogen (secondary N) is 1. The number of Topliss-reactive ketones (excluding diaryl/α,β-unsaturated/α-hetero) is 1. The number of anilines is 1. The maximum Gasteiger partial charge on any atom is 0.220 e. The third-order valence-corrected chi connectivity index (χ3v) is 5.17. The third-order valence-electron chi connectivity index (χ3n) is 4.92. The molecule has 0 saturated heterocycles. The number of aryl methyl sites for hydroxylation is 1. The Bertz CT molecular complexity index is 865. The largest absolute Gasteiger partial charge is 0.356 e. The van der Waals surface area contributed by atoms with Crippen LogP contribution in [0.25, 0.3) is 0 Å². The number of amides is 2. The number of fused-ring (bicyclic) bond motifs is 1. The Balaban J connectivity index is 1.38. The number of ketones is 1. The van der Waals surface area contributed by atoms with Crippen LogP contribution in [0.4, 0.5) is 5.69 Å². The van der Waals surface area contributed by atoms with Gasteiger partial charge in [0.25, 0.3) is 0 Å². The SMILES string of the molecule is O=CN1CCc2cc(C(=O)CCNC(=O)CCCc3ccc(Cl)cc3)ccc21. The van der Waals surface area contributed by atoms with Gasteiger partial charge in [-0.25, -0.2) is 0 Å². The standard InChI is InChI=1S/C22H23ClN2O3/c23-19-7-4-16(5-8-19)2-1-3-22(28)24-12-10-21(27)18-6-9-20-17(14-18)11-13-25(20)15-26/h4-9,14-15H,1-3,10-13H2,(H,24,28). The molecule has 2 amide bonds. The molecule has 5 nitrogen and oxygen atoms in total. The van der Waals surface area contributed by atoms with E-state index < -0.39 is 0 Å². The second kappa shape index (κ2) is 9.51. The minimum absolute atomic E-state index is 0.00572. The average molecular weight is 399 g/mol. The van der Waals surface area contributed by atoms with Crippen molar-refractivity contribution in [2.75, 3.05) is 18.0 Å². The average Bonchev–Trinajstić information content (AvgIpc) is 3.11. The van der Waals surface area contributed by atoms with Crippen LogP contribution >= 0.6 is 11.6 Å². The Labute approximate surface area is 169 Å². The van der Waals surface area contributed by atoms with E-state index in [1.807, 2.05) is 36.4 Å². The minimum atomic E-state index is -0.0441. The zero-order chi connectivity index (χ0) is 19.9. The predicted molar refractivity (Wildman–Crippen MR) is 110 cm³/mol. The molecule has 1 aliphatic rings. The first-order valence-electron chi connectivity index (χ1n) is 9.46. The highest BCUT2D eigenvalue weighted by molar-refractivity contribution is 6.30. The van der Waals surface area contributed by atoms with E-state index in [2.05, 4.69) is 5.32 Å². The van der Waals surface area contributed by atoms with Crippen LogP contribution in [0.1, 0.15) is 40.7 Å². The smallest absolute Gasteiger partial charge is 0.220 e. The fraction of sp³-hybridized carbons (Fsp3) is 0.318. The number of halogens is 1. The van der Waals surface area contributed by atoms with Crippen LogP contribution in [0.15, 0.2) is 42.5 Å². The van der Waals surface area contributed by atoms with E-state index >= 15 is 0 Å². The molecule has 28 heavy (non-hydrogen) atoms. The highest BCUT2D eigenvalue weighted by Crippen LogP contribution is 2.27. The van der Waals surface area contributed by atoms with Crippen molar-refractivity contribution in [3.05, 3.63) is 64.2 Å². The molecule has 146 valence electrons. The Morgan fingerprint density at radius 3 is 2.64 bits per heavy atom. The van der Waals surface area contributed by atoms with Crippen LogP contribution in [0.2, 0.25) is 5.02 Å². The number of benzene rings is 2. The summed E-state index contributed by atoms with van der Waals surface area (Å²) in [7, 11) is 0. The maximum absolute atomic E-state index is 12.4. The molecule has 0 fully saturated rings. The fourth-order valence-corrected chi connectivity index (χ4v) is 3.49. The van der Waals surface area contributed by atoms with Crippen molar-refractivity contribution in [1.82, 2.24) is 5.32 Å². The van der Waals surface area contributed by atoms with E-state index in [0.29, 0.717) is 30.1 Å². The van der Waals surface area contributed by atoms with Gasteiger partial charge in [0.05, 0.1) is 0 Å². The molecule has 0 aliphatic carbocycles. The highest BCUT2D eigenvalue weighted by Gasteiger charge is 2.19. The van der Waals surface area contributed by atoms with Gasteiger partial charge in [0, 0.05) is 42.2 Å². The lowest BCUT2D eigenvalue weighted by atomic mass is 10.0. The van der Waals surface area contributed by atoms with Crippen molar-refractivity contribution < 1.29 is 14.4 Å². The second-order valence-electron chi connectivity index (χ2n) is 6.90. The van der Waals surface area contributed by atoms with E-state index in [9.17, 15) is 14.4 Å². The van der Waals surface area contributed by atoms with Gasteiger partial charge < -0.3 is 10.2 Å². The zero-order valence-corrected chi connectivity index (χ0v) is 16.4. The number of carbonyl (C=O) groups excluding carboxylic acids is 3. The number of hydrogen-bond donors (Lipinski definition) is 1. The molecule has 1 heterocycles. The van der Waals surface area contributed by atoms with Gasteiger partial charge in [-0.05, 0) is 60.7 Å². The number of rotatable bonds is 9. The molecule has 1 N–H and O–H groups in total. The van der Waals surface area contributed by atoms with Gasteiger partial charge in [-0.3, -0.25) is 14.4 Å². The van der Waals surface area contributed by atoms with Crippen LogP contribution in [-0.2, 0) is 22.4 Å². The van der Waals surface area contributed by atoms with Crippen molar-refractivity contribution in [1.29, 1.82) is 0 Å². The van der Waals surface area contributed by atoms with Gasteiger partial charge in [0.2, 0.25) is 12.3 Å². The minimum Gasteiger partial charge on any atom is -0.356 e. The van der Waals surface area contributed by atoms with Crippen LogP contribution in [-0.4, -0.2) is 31.2 Å². The van der Waals surface area contributed by atoms with Crippen molar-refractivity contribution in [2.24, 2.45) is 0 Å². The highest BCUT2D eigenvalue weighted by atomic mass is 35.5. The van der Waals surface area contributed by atoms with Crippen LogP contribution < -0.4 is 10.2 Å². The van der Waals surface area contributed by atoms with Crippen LogP contribution in [0, 0.1) is 0 Å². The summed E-state index contributed by atoms with van der Waals surface area (Å²) in [6.07, 6.45) is 3.83. The van der Waals surface area contributed by atoms with Gasteiger partial charge in [-0.1, -0.05) is 23.7 Å². The van der Waals surface area contributed by atoms with E-state index in [4.69, 9.17) is 11.6 Å². The molecule has 2 aromatic rings. The van der Waals surface area contributed by atoms with Crippen molar-refractivity contribution in [2.45, 2.75) is 32.1 Å². The van der Waals surface area contributed by atoms with Gasteiger partial charge in [-0.15, -0.1) is 0 Å². The topological polar surface area (TPSA) is 66.5 Å². The molecule has 0 aromatic heterocycles. The first-order valence-corrected chi connectivity index (χ1v) is 9.84. The lowest BCUT2D eigenvalue weighted by Gasteiger charge is -2.10. The first kappa shape index (κ1) is 20.1. The predicted octanol–water partition coefficient (Wildman–Crippen LogP) is 3.57. The van der Waals surface area contributed by atoms with Crippen LogP contribution in [0.3, 0.4) is 0 Å². The zero-order valence-electron chi connectivity index (χ0n) is 15.6. The van der Waals surface area contributed by atoms with Gasteiger partial charge >= 0.3 is 0 Å². The molecular formula is C22H23ClN2O3. The third kappa shape index (κ3) is 5.20. The van der Waals surface area contributed by atoms with Gasteiger partial charge in [0.15, 0.2) is 5.78 Å². The second-order valence-corrected chi connectivity index (χ2v) is 7.33. The number of nitrogens with zero attached hydrogens (tertiary/aromatic N) is 1. The van der Waals surface area contributed by atoms with E-state index in [-0.39, 0.29) is 18.1 Å². The van der Waals surface area contributed by atoms with Crippen LogP contribution in [0.5, 0.6) is 0 Å². The number of carbonyl (C=O) groups is 3. The molecule has 0 atom stereocenters. The van der Waals surface area contributed by atoms with Crippen molar-refractivity contribution in [3.63, 3.8) is 0 Å². The lowest BCUT2D eigenvalue weighted by Crippen LogP contribution is -2.25. The van der Waals surface area contributed by atoms with E-state index in [0.717, 1.165) is 42.5 Å². The first-order chi connectivity index (χ1) is 13.6. The lowest BCUT2D eigenvalue weighted by molar-refractivity contribution is -0.121. The number of hydrogen-bond acceptors (Lipinski definition) is 3. The van der Waals surface area contributed by atoms with E-state index in [1.165, 1.54) is 0 Å². The van der Waals surface area contributed by atoms with Gasteiger partial charge in [0.1, 0.15) is 0 Å². The fourth-order valence-electron chi connectivity index (χ4n) is 3.36. The van der Waals surface area contributed by atoms with Crippen molar-refractivity contribution >= 4 is 35.4 Å². The maximum atomic E-state index is 12.4. The summed E-state index contributed by atoms with van der Waals surface area (Å²) in [6.45, 7) is 0.985. The Hall–Kier alpha value is -2.66. The Morgan fingerprint density at radius 2 is 1.89 bits per heavy atom. The summed E-state index contributed by atoms with van der Waals surface area (Å²) in [6, 6.07) is 13.0. The summed E-state index contributed by atoms with van der Waals surface area (Å²) in [5.74, 6) is -0.0499. The summed E-state index contributed by atoms with van der Waals surface area (Å²) >= 11 is 5.86. The molecule has 0 unspecified atom stereocenters. The normalized spacial score (nSPS) is 12.5. The molecule has 6 heteroatoms. The Morgan fingerprint density at radius 1 is 1.11 bits per heavy atom. The molecule has 0 saturated carbocycles. The molecule has 0 spiro atoms. The van der Waals surface area contributed by atoms with Crippen molar-refractivity contribution in [3.8, 4) is 0 Å². The summed E-state index contributed by atoms with van der Waals surface area (Å²) in [5, 5.41) is 3.52.